The molecule has 170 valence electrons. The highest BCUT2D eigenvalue weighted by Crippen LogP contribution is 2.32. The summed E-state index contributed by atoms with van der Waals surface area (Å²) in [7, 11) is 0. The van der Waals surface area contributed by atoms with Crippen LogP contribution in [0.3, 0.4) is 0 Å². The second kappa shape index (κ2) is 7.96. The van der Waals surface area contributed by atoms with E-state index in [1.807, 2.05) is 20.8 Å². The quantitative estimate of drug-likeness (QED) is 0.477. The lowest BCUT2D eigenvalue weighted by molar-refractivity contribution is 0.254. The molecule has 1 aliphatic heterocycles. The molecule has 0 spiro atoms. The van der Waals surface area contributed by atoms with Crippen molar-refractivity contribution in [1.82, 2.24) is 25.0 Å². The van der Waals surface area contributed by atoms with Gasteiger partial charge in [0.2, 0.25) is 5.88 Å². The summed E-state index contributed by atoms with van der Waals surface area (Å²) in [6.07, 6.45) is 3.61. The van der Waals surface area contributed by atoms with Gasteiger partial charge in [0, 0.05) is 35.2 Å². The van der Waals surface area contributed by atoms with E-state index in [2.05, 4.69) is 25.8 Å². The van der Waals surface area contributed by atoms with Gasteiger partial charge in [-0.3, -0.25) is 9.88 Å². The molecule has 0 atom stereocenters. The van der Waals surface area contributed by atoms with Crippen LogP contribution in [0.1, 0.15) is 37.8 Å². The van der Waals surface area contributed by atoms with Gasteiger partial charge in [-0.2, -0.15) is 0 Å². The largest absolute Gasteiger partial charge is 0.436 e. The van der Waals surface area contributed by atoms with Gasteiger partial charge in [-0.05, 0) is 31.2 Å². The van der Waals surface area contributed by atoms with Crippen LogP contribution >= 0.6 is 0 Å². The van der Waals surface area contributed by atoms with Crippen molar-refractivity contribution in [2.75, 3.05) is 11.9 Å². The molecule has 3 aromatic heterocycles. The summed E-state index contributed by atoms with van der Waals surface area (Å²) in [5.41, 5.74) is 1.87. The van der Waals surface area contributed by atoms with Crippen molar-refractivity contribution in [2.45, 2.75) is 39.2 Å². The van der Waals surface area contributed by atoms with Crippen LogP contribution in [0.5, 0.6) is 11.6 Å². The number of fused-ring (bicyclic) bond motifs is 2. The highest BCUT2D eigenvalue weighted by atomic mass is 19.1. The van der Waals surface area contributed by atoms with Crippen LogP contribution in [-0.4, -0.2) is 32.3 Å². The number of amides is 1. The zero-order valence-electron chi connectivity index (χ0n) is 18.5. The van der Waals surface area contributed by atoms with Gasteiger partial charge in [0.05, 0.1) is 11.2 Å². The number of hydrogen-bond acceptors (Lipinski definition) is 7. The topological polar surface area (TPSA) is 107 Å². The van der Waals surface area contributed by atoms with E-state index in [9.17, 15) is 4.79 Å². The molecule has 2 N–H and O–H groups in total. The van der Waals surface area contributed by atoms with Gasteiger partial charge in [-0.1, -0.05) is 25.9 Å². The summed E-state index contributed by atoms with van der Waals surface area (Å²) in [4.78, 5) is 21.2. The number of nitrogens with zero attached hydrogens (tertiary/aromatic N) is 4. The fraction of sp³-hybridized carbons (Fsp3) is 0.304. The number of aromatic nitrogens is 4. The molecule has 0 saturated heterocycles. The van der Waals surface area contributed by atoms with E-state index in [0.29, 0.717) is 30.1 Å². The Bertz CT molecular complexity index is 1350. The average Bonchev–Trinajstić information content (AvgIpc) is 3.43. The number of nitrogens with one attached hydrogen (secondary N) is 2. The van der Waals surface area contributed by atoms with Gasteiger partial charge < -0.3 is 14.6 Å². The number of carbonyl (C=O) groups is 1. The number of rotatable bonds is 3. The fourth-order valence-corrected chi connectivity index (χ4v) is 3.72. The third-order valence-corrected chi connectivity index (χ3v) is 5.52. The van der Waals surface area contributed by atoms with Crippen LogP contribution < -0.4 is 15.4 Å². The highest BCUT2D eigenvalue weighted by Gasteiger charge is 2.22. The first kappa shape index (κ1) is 21.1. The molecule has 0 aliphatic carbocycles. The Morgan fingerprint density at radius 1 is 1.27 bits per heavy atom. The number of halogens is 1. The maximum atomic E-state index is 15.3. The standard InChI is InChI=1S/C23H23FN6O3/c1-23(2,3)18-10-19(29-33-18)28-22(31)30-9-7-14-16(30)4-5-17(20(14)24)32-21-13-6-8-25-11-15(13)26-12-27-21/h4-5,7,9-10,12,25H,6,8,11H2,1-3H3,(H,28,29,31). The van der Waals surface area contributed by atoms with Crippen LogP contribution in [0.25, 0.3) is 10.9 Å². The molecular formula is C23H23FN6O3. The molecule has 0 fully saturated rings. The van der Waals surface area contributed by atoms with Gasteiger partial charge in [0.15, 0.2) is 17.4 Å². The van der Waals surface area contributed by atoms with Crippen LogP contribution in [0.2, 0.25) is 0 Å². The van der Waals surface area contributed by atoms with Gasteiger partial charge in [-0.25, -0.2) is 19.2 Å². The summed E-state index contributed by atoms with van der Waals surface area (Å²) in [5.74, 6) is 0.738. The Hall–Kier alpha value is -3.79. The van der Waals surface area contributed by atoms with E-state index in [4.69, 9.17) is 9.26 Å². The van der Waals surface area contributed by atoms with E-state index in [1.165, 1.54) is 29.2 Å². The maximum absolute atomic E-state index is 15.3. The van der Waals surface area contributed by atoms with Crippen LogP contribution in [0, 0.1) is 5.82 Å². The zero-order valence-corrected chi connectivity index (χ0v) is 18.5. The molecule has 33 heavy (non-hydrogen) atoms. The highest BCUT2D eigenvalue weighted by molar-refractivity contribution is 5.98. The summed E-state index contributed by atoms with van der Waals surface area (Å²) in [5, 5.41) is 10.1. The first-order valence-corrected chi connectivity index (χ1v) is 10.6. The Kier molecular flexibility index (Phi) is 5.09. The Balaban J connectivity index is 1.41. The molecule has 0 saturated carbocycles. The number of benzene rings is 1. The summed E-state index contributed by atoms with van der Waals surface area (Å²) in [6, 6.07) is 5.84. The molecule has 10 heteroatoms. The molecule has 1 aliphatic rings. The molecule has 5 rings (SSSR count). The Labute approximate surface area is 189 Å². The van der Waals surface area contributed by atoms with Crippen molar-refractivity contribution in [3.63, 3.8) is 0 Å². The third-order valence-electron chi connectivity index (χ3n) is 5.52. The molecule has 4 heterocycles. The lowest BCUT2D eigenvalue weighted by atomic mass is 9.93. The minimum absolute atomic E-state index is 0.0337. The van der Waals surface area contributed by atoms with Crippen molar-refractivity contribution < 1.29 is 18.4 Å². The molecule has 9 nitrogen and oxygen atoms in total. The Morgan fingerprint density at radius 3 is 2.91 bits per heavy atom. The predicted octanol–water partition coefficient (Wildman–Crippen LogP) is 4.37. The fourth-order valence-electron chi connectivity index (χ4n) is 3.72. The molecule has 0 radical (unpaired) electrons. The van der Waals surface area contributed by atoms with Gasteiger partial charge in [0.25, 0.3) is 0 Å². The average molecular weight is 450 g/mol. The first-order chi connectivity index (χ1) is 15.8. The minimum Gasteiger partial charge on any atom is -0.436 e. The van der Waals surface area contributed by atoms with Gasteiger partial charge >= 0.3 is 6.03 Å². The lowest BCUT2D eigenvalue weighted by Gasteiger charge is -2.18. The molecule has 0 unspecified atom stereocenters. The van der Waals surface area contributed by atoms with Crippen molar-refractivity contribution >= 4 is 22.8 Å². The minimum atomic E-state index is -0.572. The van der Waals surface area contributed by atoms with Gasteiger partial charge in [0.1, 0.15) is 12.1 Å². The van der Waals surface area contributed by atoms with Crippen LogP contribution in [-0.2, 0) is 18.4 Å². The summed E-state index contributed by atoms with van der Waals surface area (Å²) in [6.45, 7) is 7.34. The molecular weight excluding hydrogens is 427 g/mol. The smallest absolute Gasteiger partial charge is 0.331 e. The molecule has 4 aromatic rings. The normalized spacial score (nSPS) is 13.7. The SMILES string of the molecule is CC(C)(C)c1cc(NC(=O)n2ccc3c(F)c(Oc4ncnc5c4CCNC5)ccc32)no1. The van der Waals surface area contributed by atoms with Crippen molar-refractivity contribution in [3.8, 4) is 11.6 Å². The van der Waals surface area contributed by atoms with E-state index >= 15 is 4.39 Å². The second-order valence-electron chi connectivity index (χ2n) is 8.89. The summed E-state index contributed by atoms with van der Waals surface area (Å²) >= 11 is 0. The lowest BCUT2D eigenvalue weighted by Crippen LogP contribution is -2.25. The van der Waals surface area contributed by atoms with Crippen LogP contribution in [0.4, 0.5) is 15.0 Å². The predicted molar refractivity (Wildman–Crippen MR) is 119 cm³/mol. The first-order valence-electron chi connectivity index (χ1n) is 10.6. The zero-order chi connectivity index (χ0) is 23.2. The van der Waals surface area contributed by atoms with Crippen molar-refractivity contribution in [3.05, 3.63) is 59.6 Å². The van der Waals surface area contributed by atoms with E-state index in [0.717, 1.165) is 17.8 Å². The number of anilines is 1. The van der Waals surface area contributed by atoms with E-state index in [1.54, 1.807) is 12.1 Å². The van der Waals surface area contributed by atoms with Crippen molar-refractivity contribution in [2.24, 2.45) is 0 Å². The van der Waals surface area contributed by atoms with Crippen molar-refractivity contribution in [1.29, 1.82) is 0 Å². The Morgan fingerprint density at radius 2 is 2.12 bits per heavy atom. The molecule has 1 aromatic carbocycles. The number of carbonyl (C=O) groups excluding carboxylic acids is 1. The summed E-state index contributed by atoms with van der Waals surface area (Å²) < 4.78 is 27.7. The second-order valence-corrected chi connectivity index (χ2v) is 8.89. The number of ether oxygens (including phenoxy) is 1. The van der Waals surface area contributed by atoms with Crippen LogP contribution in [0.15, 0.2) is 41.3 Å². The monoisotopic (exact) mass is 450 g/mol. The third kappa shape index (κ3) is 3.93. The van der Waals surface area contributed by atoms with E-state index in [-0.39, 0.29) is 22.4 Å². The molecule has 1 amide bonds. The van der Waals surface area contributed by atoms with E-state index < -0.39 is 11.8 Å². The maximum Gasteiger partial charge on any atom is 0.331 e. The van der Waals surface area contributed by atoms with Gasteiger partial charge in [-0.15, -0.1) is 0 Å². The molecule has 0 bridgehead atoms. The number of hydrogen-bond donors (Lipinski definition) is 2.